The normalized spacial score (nSPS) is 22.7. The van der Waals surface area contributed by atoms with E-state index in [1.807, 2.05) is 0 Å². The molecule has 0 radical (unpaired) electrons. The summed E-state index contributed by atoms with van der Waals surface area (Å²) in [5.74, 6) is 0.979. The smallest absolute Gasteiger partial charge is 0.134 e. The zero-order chi connectivity index (χ0) is 10.8. The molecule has 2 aliphatic rings. The van der Waals surface area contributed by atoms with Crippen molar-refractivity contribution < 1.29 is 4.74 Å². The molecule has 2 aliphatic heterocycles. The molecule has 0 amide bonds. The maximum Gasteiger partial charge on any atom is 0.134 e. The van der Waals surface area contributed by atoms with Crippen LogP contribution in [0.15, 0.2) is 6.33 Å². The van der Waals surface area contributed by atoms with E-state index < -0.39 is 0 Å². The molecular weight excluding hydrogens is 240 g/mol. The first-order chi connectivity index (χ1) is 7.93. The van der Waals surface area contributed by atoms with E-state index in [9.17, 15) is 0 Å². The highest BCUT2D eigenvalue weighted by Gasteiger charge is 2.20. The third-order valence-corrected chi connectivity index (χ3v) is 3.15. The number of rotatable bonds is 2. The van der Waals surface area contributed by atoms with Crippen molar-refractivity contribution in [2.45, 2.75) is 25.4 Å². The zero-order valence-corrected chi connectivity index (χ0v) is 10.4. The van der Waals surface area contributed by atoms with Crippen LogP contribution in [0.3, 0.4) is 0 Å². The van der Waals surface area contributed by atoms with E-state index in [2.05, 4.69) is 20.6 Å². The van der Waals surface area contributed by atoms with Gasteiger partial charge in [-0.2, -0.15) is 0 Å². The van der Waals surface area contributed by atoms with Gasteiger partial charge in [-0.15, -0.1) is 12.4 Å². The number of aromatic nitrogens is 2. The van der Waals surface area contributed by atoms with Crippen LogP contribution in [0, 0.1) is 0 Å². The average Bonchev–Trinajstić information content (AvgIpc) is 2.82. The lowest BCUT2D eigenvalue weighted by molar-refractivity contribution is 0.195. The summed E-state index contributed by atoms with van der Waals surface area (Å²) in [5, 5.41) is 6.81. The maximum atomic E-state index is 5.35. The van der Waals surface area contributed by atoms with Crippen LogP contribution < -0.4 is 10.6 Å². The molecule has 0 saturated carbocycles. The van der Waals surface area contributed by atoms with Gasteiger partial charge in [0.2, 0.25) is 0 Å². The molecule has 1 atom stereocenters. The predicted octanol–water partition coefficient (Wildman–Crippen LogP) is 0.745. The topological polar surface area (TPSA) is 59.1 Å². The molecule has 0 bridgehead atoms. The molecule has 5 nitrogen and oxygen atoms in total. The van der Waals surface area contributed by atoms with Crippen molar-refractivity contribution in [2.75, 3.05) is 25.1 Å². The number of hydrogen-bond donors (Lipinski definition) is 2. The van der Waals surface area contributed by atoms with E-state index in [4.69, 9.17) is 4.74 Å². The molecular formula is C11H17ClN4O. The molecule has 3 heterocycles. The summed E-state index contributed by atoms with van der Waals surface area (Å²) in [6.07, 6.45) is 3.71. The average molecular weight is 257 g/mol. The molecule has 6 heteroatoms. The van der Waals surface area contributed by atoms with Crippen LogP contribution in [0.2, 0.25) is 0 Å². The summed E-state index contributed by atoms with van der Waals surface area (Å²) in [7, 11) is 0. The summed E-state index contributed by atoms with van der Waals surface area (Å²) in [4.78, 5) is 8.67. The molecule has 1 fully saturated rings. The van der Waals surface area contributed by atoms with Crippen molar-refractivity contribution in [2.24, 2.45) is 0 Å². The Morgan fingerprint density at radius 3 is 3.18 bits per heavy atom. The van der Waals surface area contributed by atoms with Crippen LogP contribution in [0.25, 0.3) is 0 Å². The molecule has 0 spiro atoms. The SMILES string of the molecule is Cl.c1nc2c(c(NC3CCOC3)n1)CNCC2. The first kappa shape index (κ1) is 12.5. The highest BCUT2D eigenvalue weighted by molar-refractivity contribution is 5.85. The number of nitrogens with one attached hydrogen (secondary N) is 2. The molecule has 3 rings (SSSR count). The van der Waals surface area contributed by atoms with Gasteiger partial charge in [0, 0.05) is 31.7 Å². The lowest BCUT2D eigenvalue weighted by Crippen LogP contribution is -2.28. The number of ether oxygens (including phenoxy) is 1. The van der Waals surface area contributed by atoms with Gasteiger partial charge in [0.25, 0.3) is 0 Å². The number of anilines is 1. The fourth-order valence-electron chi connectivity index (χ4n) is 2.24. The Bertz CT molecular complexity index is 382. The standard InChI is InChI=1S/C11H16N4O.ClH/c1-3-12-5-9-10(1)13-7-14-11(9)15-8-2-4-16-6-8;/h7-8,12H,1-6H2,(H,13,14,15);1H. The molecule has 0 aromatic carbocycles. The second-order valence-corrected chi connectivity index (χ2v) is 4.28. The summed E-state index contributed by atoms with van der Waals surface area (Å²) >= 11 is 0. The van der Waals surface area contributed by atoms with Gasteiger partial charge in [-0.1, -0.05) is 0 Å². The largest absolute Gasteiger partial charge is 0.379 e. The quantitative estimate of drug-likeness (QED) is 0.818. The van der Waals surface area contributed by atoms with Crippen molar-refractivity contribution in [3.8, 4) is 0 Å². The Kier molecular flexibility index (Phi) is 4.15. The number of hydrogen-bond acceptors (Lipinski definition) is 5. The molecule has 2 N–H and O–H groups in total. The van der Waals surface area contributed by atoms with Gasteiger partial charge in [-0.25, -0.2) is 9.97 Å². The monoisotopic (exact) mass is 256 g/mol. The van der Waals surface area contributed by atoms with E-state index in [-0.39, 0.29) is 12.4 Å². The number of nitrogens with zero attached hydrogens (tertiary/aromatic N) is 2. The van der Waals surface area contributed by atoms with Crippen molar-refractivity contribution >= 4 is 18.2 Å². The third kappa shape index (κ3) is 2.68. The number of halogens is 1. The first-order valence-corrected chi connectivity index (χ1v) is 5.81. The Morgan fingerprint density at radius 2 is 2.35 bits per heavy atom. The van der Waals surface area contributed by atoms with Crippen LogP contribution in [0.5, 0.6) is 0 Å². The van der Waals surface area contributed by atoms with Crippen LogP contribution in [0.4, 0.5) is 5.82 Å². The Balaban J connectivity index is 0.00000108. The predicted molar refractivity (Wildman–Crippen MR) is 67.5 cm³/mol. The molecule has 0 aliphatic carbocycles. The van der Waals surface area contributed by atoms with Gasteiger partial charge in [-0.05, 0) is 6.42 Å². The van der Waals surface area contributed by atoms with E-state index >= 15 is 0 Å². The van der Waals surface area contributed by atoms with Gasteiger partial charge in [0.05, 0.1) is 18.3 Å². The van der Waals surface area contributed by atoms with Crippen LogP contribution in [-0.4, -0.2) is 35.8 Å². The maximum absolute atomic E-state index is 5.35. The second-order valence-electron chi connectivity index (χ2n) is 4.28. The van der Waals surface area contributed by atoms with E-state index in [0.717, 1.165) is 45.0 Å². The lowest BCUT2D eigenvalue weighted by Gasteiger charge is -2.20. The van der Waals surface area contributed by atoms with Crippen molar-refractivity contribution in [1.82, 2.24) is 15.3 Å². The van der Waals surface area contributed by atoms with Gasteiger partial charge < -0.3 is 15.4 Å². The highest BCUT2D eigenvalue weighted by Crippen LogP contribution is 2.20. The lowest BCUT2D eigenvalue weighted by atomic mass is 10.1. The fraction of sp³-hybridized carbons (Fsp3) is 0.636. The molecule has 94 valence electrons. The molecule has 1 aromatic rings. The highest BCUT2D eigenvalue weighted by atomic mass is 35.5. The third-order valence-electron chi connectivity index (χ3n) is 3.15. The Morgan fingerprint density at radius 1 is 1.41 bits per heavy atom. The van der Waals surface area contributed by atoms with Gasteiger partial charge in [0.15, 0.2) is 0 Å². The van der Waals surface area contributed by atoms with Crippen molar-refractivity contribution in [3.63, 3.8) is 0 Å². The molecule has 1 unspecified atom stereocenters. The van der Waals surface area contributed by atoms with E-state index in [1.165, 1.54) is 11.3 Å². The van der Waals surface area contributed by atoms with Gasteiger partial charge >= 0.3 is 0 Å². The minimum absolute atomic E-state index is 0. The van der Waals surface area contributed by atoms with Crippen molar-refractivity contribution in [3.05, 3.63) is 17.6 Å². The minimum Gasteiger partial charge on any atom is -0.379 e. The summed E-state index contributed by atoms with van der Waals surface area (Å²) < 4.78 is 5.35. The Hall–Kier alpha value is -0.910. The second kappa shape index (κ2) is 5.62. The molecule has 1 saturated heterocycles. The summed E-state index contributed by atoms with van der Waals surface area (Å²) in [6.45, 7) is 3.51. The van der Waals surface area contributed by atoms with Gasteiger partial charge in [0.1, 0.15) is 12.1 Å². The fourth-order valence-corrected chi connectivity index (χ4v) is 2.24. The first-order valence-electron chi connectivity index (χ1n) is 5.81. The van der Waals surface area contributed by atoms with Crippen LogP contribution >= 0.6 is 12.4 Å². The van der Waals surface area contributed by atoms with E-state index in [0.29, 0.717) is 6.04 Å². The zero-order valence-electron chi connectivity index (χ0n) is 9.61. The molecule has 1 aromatic heterocycles. The number of fused-ring (bicyclic) bond motifs is 1. The van der Waals surface area contributed by atoms with Crippen LogP contribution in [0.1, 0.15) is 17.7 Å². The van der Waals surface area contributed by atoms with Crippen LogP contribution in [-0.2, 0) is 17.7 Å². The Labute approximate surface area is 107 Å². The van der Waals surface area contributed by atoms with Crippen molar-refractivity contribution in [1.29, 1.82) is 0 Å². The minimum atomic E-state index is 0. The summed E-state index contributed by atoms with van der Waals surface area (Å²) in [6, 6.07) is 0.404. The molecule has 17 heavy (non-hydrogen) atoms. The van der Waals surface area contributed by atoms with Gasteiger partial charge in [-0.3, -0.25) is 0 Å². The summed E-state index contributed by atoms with van der Waals surface area (Å²) in [5.41, 5.74) is 2.40. The van der Waals surface area contributed by atoms with E-state index in [1.54, 1.807) is 6.33 Å².